The standard InChI is InChI=1S/C10H22O4/c1-4-6-7-13-9(8-11)10(3,12)14-5-2/h9,11-12H,4-8H2,1-3H3. The fourth-order valence-electron chi connectivity index (χ4n) is 1.13. The maximum absolute atomic E-state index is 9.77. The average molecular weight is 206 g/mol. The van der Waals surface area contributed by atoms with Crippen LogP contribution in [-0.4, -0.2) is 41.9 Å². The Morgan fingerprint density at radius 2 is 2.00 bits per heavy atom. The van der Waals surface area contributed by atoms with E-state index in [0.717, 1.165) is 12.8 Å². The van der Waals surface area contributed by atoms with Crippen LogP contribution in [0.25, 0.3) is 0 Å². The van der Waals surface area contributed by atoms with Crippen LogP contribution in [0, 0.1) is 0 Å². The van der Waals surface area contributed by atoms with Gasteiger partial charge in [-0.3, -0.25) is 0 Å². The lowest BCUT2D eigenvalue weighted by Crippen LogP contribution is -2.46. The molecule has 4 nitrogen and oxygen atoms in total. The summed E-state index contributed by atoms with van der Waals surface area (Å²) in [6.07, 6.45) is 1.27. The van der Waals surface area contributed by atoms with E-state index in [1.807, 2.05) is 0 Å². The Kier molecular flexibility index (Phi) is 7.09. The number of aliphatic hydroxyl groups is 2. The van der Waals surface area contributed by atoms with E-state index in [1.165, 1.54) is 6.92 Å². The van der Waals surface area contributed by atoms with E-state index in [2.05, 4.69) is 6.92 Å². The number of unbranched alkanes of at least 4 members (excludes halogenated alkanes) is 1. The predicted octanol–water partition coefficient (Wildman–Crippen LogP) is 0.909. The summed E-state index contributed by atoms with van der Waals surface area (Å²) in [6.45, 7) is 6.03. The van der Waals surface area contributed by atoms with Crippen LogP contribution in [0.2, 0.25) is 0 Å². The quantitative estimate of drug-likeness (QED) is 0.458. The van der Waals surface area contributed by atoms with E-state index in [9.17, 15) is 5.11 Å². The first kappa shape index (κ1) is 13.8. The van der Waals surface area contributed by atoms with Gasteiger partial charge >= 0.3 is 0 Å². The molecule has 0 saturated carbocycles. The van der Waals surface area contributed by atoms with Crippen molar-refractivity contribution in [2.75, 3.05) is 19.8 Å². The average Bonchev–Trinajstić information content (AvgIpc) is 2.12. The second-order valence-electron chi connectivity index (χ2n) is 3.38. The van der Waals surface area contributed by atoms with Gasteiger partial charge in [-0.1, -0.05) is 13.3 Å². The molecule has 0 saturated heterocycles. The first-order valence-electron chi connectivity index (χ1n) is 5.17. The van der Waals surface area contributed by atoms with Gasteiger partial charge in [0.15, 0.2) is 5.79 Å². The largest absolute Gasteiger partial charge is 0.393 e. The van der Waals surface area contributed by atoms with E-state index >= 15 is 0 Å². The summed E-state index contributed by atoms with van der Waals surface area (Å²) in [5.41, 5.74) is 0. The number of hydrogen-bond donors (Lipinski definition) is 2. The normalized spacial score (nSPS) is 17.8. The third-order valence-electron chi connectivity index (χ3n) is 2.02. The van der Waals surface area contributed by atoms with Gasteiger partial charge in [0, 0.05) is 13.2 Å². The third-order valence-corrected chi connectivity index (χ3v) is 2.02. The summed E-state index contributed by atoms with van der Waals surface area (Å²) >= 11 is 0. The van der Waals surface area contributed by atoms with Gasteiger partial charge in [-0.25, -0.2) is 0 Å². The minimum atomic E-state index is -1.41. The maximum atomic E-state index is 9.77. The van der Waals surface area contributed by atoms with Crippen molar-refractivity contribution in [3.8, 4) is 0 Å². The van der Waals surface area contributed by atoms with Gasteiger partial charge in [0.1, 0.15) is 6.10 Å². The molecule has 0 amide bonds. The summed E-state index contributed by atoms with van der Waals surface area (Å²) in [4.78, 5) is 0. The molecule has 0 aromatic carbocycles. The summed E-state index contributed by atoms with van der Waals surface area (Å²) < 4.78 is 10.4. The molecule has 0 aromatic heterocycles. The number of aliphatic hydroxyl groups excluding tert-OH is 1. The molecule has 2 N–H and O–H groups in total. The Bertz CT molecular complexity index is 136. The van der Waals surface area contributed by atoms with Crippen molar-refractivity contribution in [3.05, 3.63) is 0 Å². The third kappa shape index (κ3) is 4.91. The maximum Gasteiger partial charge on any atom is 0.191 e. The zero-order chi connectivity index (χ0) is 11.0. The van der Waals surface area contributed by atoms with Gasteiger partial charge in [-0.2, -0.15) is 0 Å². The van der Waals surface area contributed by atoms with Crippen molar-refractivity contribution in [1.82, 2.24) is 0 Å². The Balaban J connectivity index is 3.96. The first-order valence-corrected chi connectivity index (χ1v) is 5.17. The SMILES string of the molecule is CCCCOC(CO)C(C)(O)OCC. The first-order chi connectivity index (χ1) is 6.58. The second kappa shape index (κ2) is 7.17. The minimum absolute atomic E-state index is 0.239. The van der Waals surface area contributed by atoms with Crippen LogP contribution in [0.5, 0.6) is 0 Å². The lowest BCUT2D eigenvalue weighted by Gasteiger charge is -2.31. The van der Waals surface area contributed by atoms with Gasteiger partial charge in [-0.05, 0) is 20.3 Å². The molecule has 0 heterocycles. The van der Waals surface area contributed by atoms with Crippen molar-refractivity contribution in [2.45, 2.75) is 45.5 Å². The smallest absolute Gasteiger partial charge is 0.191 e. The van der Waals surface area contributed by atoms with Gasteiger partial charge in [0.25, 0.3) is 0 Å². The Hall–Kier alpha value is -0.160. The fraction of sp³-hybridized carbons (Fsp3) is 1.00. The molecule has 0 aliphatic carbocycles. The van der Waals surface area contributed by atoms with E-state index in [0.29, 0.717) is 13.2 Å². The molecular formula is C10H22O4. The lowest BCUT2D eigenvalue weighted by molar-refractivity contribution is -0.260. The monoisotopic (exact) mass is 206 g/mol. The second-order valence-corrected chi connectivity index (χ2v) is 3.38. The topological polar surface area (TPSA) is 58.9 Å². The van der Waals surface area contributed by atoms with Crippen LogP contribution in [-0.2, 0) is 9.47 Å². The molecule has 86 valence electrons. The van der Waals surface area contributed by atoms with Crippen molar-refractivity contribution in [3.63, 3.8) is 0 Å². The Morgan fingerprint density at radius 3 is 2.43 bits per heavy atom. The molecule has 0 fully saturated rings. The molecule has 0 bridgehead atoms. The summed E-state index contributed by atoms with van der Waals surface area (Å²) in [5, 5.41) is 18.8. The predicted molar refractivity (Wildman–Crippen MR) is 54.0 cm³/mol. The van der Waals surface area contributed by atoms with Gasteiger partial charge < -0.3 is 19.7 Å². The van der Waals surface area contributed by atoms with Crippen LogP contribution < -0.4 is 0 Å². The molecule has 2 unspecified atom stereocenters. The van der Waals surface area contributed by atoms with Gasteiger partial charge in [0.05, 0.1) is 6.61 Å². The van der Waals surface area contributed by atoms with E-state index < -0.39 is 11.9 Å². The molecule has 14 heavy (non-hydrogen) atoms. The molecule has 0 aliphatic rings. The molecule has 0 spiro atoms. The highest BCUT2D eigenvalue weighted by Gasteiger charge is 2.32. The van der Waals surface area contributed by atoms with Gasteiger partial charge in [-0.15, -0.1) is 0 Å². The Morgan fingerprint density at radius 1 is 1.36 bits per heavy atom. The number of rotatable bonds is 8. The van der Waals surface area contributed by atoms with Crippen molar-refractivity contribution >= 4 is 0 Å². The van der Waals surface area contributed by atoms with Crippen molar-refractivity contribution in [1.29, 1.82) is 0 Å². The van der Waals surface area contributed by atoms with Crippen LogP contribution >= 0.6 is 0 Å². The van der Waals surface area contributed by atoms with E-state index in [4.69, 9.17) is 14.6 Å². The molecule has 0 aromatic rings. The highest BCUT2D eigenvalue weighted by molar-refractivity contribution is 4.72. The lowest BCUT2D eigenvalue weighted by atomic mass is 10.2. The molecule has 0 aliphatic heterocycles. The van der Waals surface area contributed by atoms with Gasteiger partial charge in [0.2, 0.25) is 0 Å². The minimum Gasteiger partial charge on any atom is -0.393 e. The fourth-order valence-corrected chi connectivity index (χ4v) is 1.13. The number of ether oxygens (including phenoxy) is 2. The summed E-state index contributed by atoms with van der Waals surface area (Å²) in [6, 6.07) is 0. The van der Waals surface area contributed by atoms with E-state index in [1.54, 1.807) is 6.92 Å². The highest BCUT2D eigenvalue weighted by atomic mass is 16.7. The number of hydrogen-bond acceptors (Lipinski definition) is 4. The van der Waals surface area contributed by atoms with Crippen molar-refractivity contribution < 1.29 is 19.7 Å². The zero-order valence-electron chi connectivity index (χ0n) is 9.32. The molecule has 0 radical (unpaired) electrons. The van der Waals surface area contributed by atoms with Crippen molar-refractivity contribution in [2.24, 2.45) is 0 Å². The highest BCUT2D eigenvalue weighted by Crippen LogP contribution is 2.15. The molecule has 2 atom stereocenters. The van der Waals surface area contributed by atoms with Crippen LogP contribution in [0.3, 0.4) is 0 Å². The van der Waals surface area contributed by atoms with Crippen LogP contribution in [0.15, 0.2) is 0 Å². The summed E-state index contributed by atoms with van der Waals surface area (Å²) in [7, 11) is 0. The molecular weight excluding hydrogens is 184 g/mol. The molecule has 4 heteroatoms. The van der Waals surface area contributed by atoms with Crippen LogP contribution in [0.4, 0.5) is 0 Å². The molecule has 0 rings (SSSR count). The summed E-state index contributed by atoms with van der Waals surface area (Å²) in [5.74, 6) is -1.41. The van der Waals surface area contributed by atoms with E-state index in [-0.39, 0.29) is 6.61 Å². The van der Waals surface area contributed by atoms with Crippen LogP contribution in [0.1, 0.15) is 33.6 Å². The zero-order valence-corrected chi connectivity index (χ0v) is 9.32. The Labute approximate surface area is 85.8 Å².